The zero-order valence-corrected chi connectivity index (χ0v) is 17.2. The molecule has 3 rings (SSSR count). The van der Waals surface area contributed by atoms with Gasteiger partial charge in [0.15, 0.2) is 0 Å². The van der Waals surface area contributed by atoms with Gasteiger partial charge >= 0.3 is 0 Å². The summed E-state index contributed by atoms with van der Waals surface area (Å²) in [4.78, 5) is 34.6. The van der Waals surface area contributed by atoms with Gasteiger partial charge in [-0.2, -0.15) is 5.10 Å². The minimum Gasteiger partial charge on any atom is -0.455 e. The molecule has 9 nitrogen and oxygen atoms in total. The number of halogens is 1. The summed E-state index contributed by atoms with van der Waals surface area (Å²) in [5.41, 5.74) is 3.44. The fourth-order valence-corrected chi connectivity index (χ4v) is 2.85. The monoisotopic (exact) mass is 438 g/mol. The van der Waals surface area contributed by atoms with Crippen LogP contribution in [0.1, 0.15) is 28.6 Å². The second-order valence-corrected chi connectivity index (χ2v) is 6.87. The SMILES string of the molecule is Cc1cc([N+](=O)[O-])ccc1-c1ccc(/C=N\NC(=O)[C@@H](C)NC(=O)c2ccccc2F)o1. The molecule has 10 heteroatoms. The molecule has 0 fully saturated rings. The molecule has 1 heterocycles. The van der Waals surface area contributed by atoms with Crippen molar-refractivity contribution in [2.45, 2.75) is 19.9 Å². The lowest BCUT2D eigenvalue weighted by Crippen LogP contribution is -2.43. The van der Waals surface area contributed by atoms with Crippen LogP contribution in [0.4, 0.5) is 10.1 Å². The predicted molar refractivity (Wildman–Crippen MR) is 115 cm³/mol. The van der Waals surface area contributed by atoms with Gasteiger partial charge in [0.2, 0.25) is 0 Å². The van der Waals surface area contributed by atoms with Gasteiger partial charge in [0, 0.05) is 17.7 Å². The first-order valence-corrected chi connectivity index (χ1v) is 9.50. The number of rotatable bonds is 7. The first-order valence-electron chi connectivity index (χ1n) is 9.50. The largest absolute Gasteiger partial charge is 0.455 e. The van der Waals surface area contributed by atoms with E-state index in [9.17, 15) is 24.1 Å². The molecule has 0 radical (unpaired) electrons. The predicted octanol–water partition coefficient (Wildman–Crippen LogP) is 3.57. The fraction of sp³-hybridized carbons (Fsp3) is 0.136. The molecule has 1 aromatic heterocycles. The first-order chi connectivity index (χ1) is 15.3. The summed E-state index contributed by atoms with van der Waals surface area (Å²) in [6.45, 7) is 3.17. The van der Waals surface area contributed by atoms with E-state index < -0.39 is 28.6 Å². The van der Waals surface area contributed by atoms with Gasteiger partial charge in [0.1, 0.15) is 23.4 Å². The van der Waals surface area contributed by atoms with Crippen molar-refractivity contribution in [3.8, 4) is 11.3 Å². The van der Waals surface area contributed by atoms with E-state index in [-0.39, 0.29) is 11.3 Å². The summed E-state index contributed by atoms with van der Waals surface area (Å²) >= 11 is 0. The topological polar surface area (TPSA) is 127 Å². The third-order valence-corrected chi connectivity index (χ3v) is 4.54. The maximum atomic E-state index is 13.7. The molecular formula is C22H19FN4O5. The molecule has 0 unspecified atom stereocenters. The van der Waals surface area contributed by atoms with E-state index in [4.69, 9.17) is 4.42 Å². The summed E-state index contributed by atoms with van der Waals surface area (Å²) in [6.07, 6.45) is 1.27. The van der Waals surface area contributed by atoms with Crippen molar-refractivity contribution in [2.75, 3.05) is 0 Å². The van der Waals surface area contributed by atoms with E-state index in [1.807, 2.05) is 0 Å². The molecule has 0 aliphatic rings. The van der Waals surface area contributed by atoms with E-state index in [2.05, 4.69) is 15.8 Å². The lowest BCUT2D eigenvalue weighted by molar-refractivity contribution is -0.384. The van der Waals surface area contributed by atoms with E-state index in [1.165, 1.54) is 43.5 Å². The highest BCUT2D eigenvalue weighted by molar-refractivity contribution is 5.97. The van der Waals surface area contributed by atoms with Crippen LogP contribution in [0.15, 0.2) is 64.1 Å². The zero-order chi connectivity index (χ0) is 23.3. The van der Waals surface area contributed by atoms with E-state index in [0.717, 1.165) is 6.07 Å². The number of nitro benzene ring substituents is 1. The quantitative estimate of drug-likeness (QED) is 0.331. The highest BCUT2D eigenvalue weighted by Gasteiger charge is 2.18. The summed E-state index contributed by atoms with van der Waals surface area (Å²) < 4.78 is 19.3. The zero-order valence-electron chi connectivity index (χ0n) is 17.2. The van der Waals surface area contributed by atoms with Crippen LogP contribution in [0.5, 0.6) is 0 Å². The van der Waals surface area contributed by atoms with Gasteiger partial charge in [0.25, 0.3) is 17.5 Å². The minimum atomic E-state index is -0.964. The molecule has 0 saturated heterocycles. The number of benzene rings is 2. The Kier molecular flexibility index (Phi) is 6.74. The van der Waals surface area contributed by atoms with E-state index >= 15 is 0 Å². The highest BCUT2D eigenvalue weighted by atomic mass is 19.1. The molecule has 0 saturated carbocycles. The third kappa shape index (κ3) is 5.22. The molecule has 2 N–H and O–H groups in total. The number of amides is 2. The molecule has 3 aromatic rings. The Balaban J connectivity index is 1.59. The number of hydrogen-bond donors (Lipinski definition) is 2. The van der Waals surface area contributed by atoms with Crippen LogP contribution in [-0.4, -0.2) is 29.0 Å². The average Bonchev–Trinajstić information content (AvgIpc) is 3.22. The Hall–Kier alpha value is -4.34. The second-order valence-electron chi connectivity index (χ2n) is 6.87. The number of aryl methyl sites for hydroxylation is 1. The van der Waals surface area contributed by atoms with Gasteiger partial charge in [0.05, 0.1) is 16.7 Å². The van der Waals surface area contributed by atoms with Crippen molar-refractivity contribution in [3.63, 3.8) is 0 Å². The van der Waals surface area contributed by atoms with Gasteiger partial charge < -0.3 is 9.73 Å². The third-order valence-electron chi connectivity index (χ3n) is 4.54. The molecule has 1 atom stereocenters. The van der Waals surface area contributed by atoms with Crippen LogP contribution in [0.3, 0.4) is 0 Å². The number of hydrogen-bond acceptors (Lipinski definition) is 6. The Morgan fingerprint density at radius 1 is 1.19 bits per heavy atom. The molecule has 0 aliphatic heterocycles. The normalized spacial score (nSPS) is 11.8. The van der Waals surface area contributed by atoms with Crippen LogP contribution >= 0.6 is 0 Å². The number of hydrazone groups is 1. The van der Waals surface area contributed by atoms with Crippen molar-refractivity contribution in [1.29, 1.82) is 0 Å². The molecule has 0 spiro atoms. The van der Waals surface area contributed by atoms with Crippen molar-refractivity contribution in [2.24, 2.45) is 5.10 Å². The smallest absolute Gasteiger partial charge is 0.269 e. The number of carbonyl (C=O) groups excluding carboxylic acids is 2. The lowest BCUT2D eigenvalue weighted by Gasteiger charge is -2.12. The molecule has 164 valence electrons. The Labute approximate surface area is 182 Å². The summed E-state index contributed by atoms with van der Waals surface area (Å²) in [7, 11) is 0. The second kappa shape index (κ2) is 9.65. The van der Waals surface area contributed by atoms with Gasteiger partial charge in [-0.05, 0) is 49.7 Å². The molecule has 2 aromatic carbocycles. The van der Waals surface area contributed by atoms with Crippen LogP contribution in [0, 0.1) is 22.9 Å². The minimum absolute atomic E-state index is 0.0153. The summed E-state index contributed by atoms with van der Waals surface area (Å²) in [5.74, 6) is -1.20. The van der Waals surface area contributed by atoms with Crippen molar-refractivity contribution >= 4 is 23.7 Å². The standard InChI is InChI=1S/C22H19FN4O5/c1-13-11-15(27(30)31)7-9-17(13)20-10-8-16(32-20)12-24-26-21(28)14(2)25-22(29)18-5-3-4-6-19(18)23/h3-12,14H,1-2H3,(H,25,29)(H,26,28)/b24-12-/t14-/m1/s1. The molecular weight excluding hydrogens is 419 g/mol. The summed E-state index contributed by atoms with van der Waals surface area (Å²) in [6, 6.07) is 12.2. The number of nitro groups is 1. The first kappa shape index (κ1) is 22.3. The number of carbonyl (C=O) groups is 2. The lowest BCUT2D eigenvalue weighted by atomic mass is 10.1. The van der Waals surface area contributed by atoms with E-state index in [1.54, 1.807) is 25.1 Å². The van der Waals surface area contributed by atoms with Crippen LogP contribution < -0.4 is 10.7 Å². The molecule has 32 heavy (non-hydrogen) atoms. The molecule has 2 amide bonds. The van der Waals surface area contributed by atoms with Crippen LogP contribution in [0.25, 0.3) is 11.3 Å². The van der Waals surface area contributed by atoms with Gasteiger partial charge in [-0.25, -0.2) is 9.82 Å². The number of furan rings is 1. The van der Waals surface area contributed by atoms with Crippen molar-refractivity contribution < 1.29 is 23.3 Å². The highest BCUT2D eigenvalue weighted by Crippen LogP contribution is 2.28. The van der Waals surface area contributed by atoms with Crippen molar-refractivity contribution in [3.05, 3.63) is 87.4 Å². The van der Waals surface area contributed by atoms with Gasteiger partial charge in [-0.15, -0.1) is 0 Å². The maximum Gasteiger partial charge on any atom is 0.269 e. The molecule has 0 bridgehead atoms. The average molecular weight is 438 g/mol. The van der Waals surface area contributed by atoms with Gasteiger partial charge in [-0.3, -0.25) is 19.7 Å². The number of non-ortho nitro benzene ring substituents is 1. The van der Waals surface area contributed by atoms with E-state index in [0.29, 0.717) is 22.6 Å². The maximum absolute atomic E-state index is 13.7. The van der Waals surface area contributed by atoms with Gasteiger partial charge in [-0.1, -0.05) is 12.1 Å². The Morgan fingerprint density at radius 3 is 2.62 bits per heavy atom. The van der Waals surface area contributed by atoms with Crippen LogP contribution in [-0.2, 0) is 4.79 Å². The van der Waals surface area contributed by atoms with Crippen LogP contribution in [0.2, 0.25) is 0 Å². The number of nitrogens with zero attached hydrogens (tertiary/aromatic N) is 2. The Bertz CT molecular complexity index is 1200. The molecule has 0 aliphatic carbocycles. The fourth-order valence-electron chi connectivity index (χ4n) is 2.85. The summed E-state index contributed by atoms with van der Waals surface area (Å²) in [5, 5.41) is 17.1. The number of nitrogens with one attached hydrogen (secondary N) is 2. The van der Waals surface area contributed by atoms with Crippen molar-refractivity contribution in [1.82, 2.24) is 10.7 Å². The Morgan fingerprint density at radius 2 is 1.94 bits per heavy atom.